The van der Waals surface area contributed by atoms with Crippen LogP contribution in [0.25, 0.3) is 5.57 Å². The van der Waals surface area contributed by atoms with Gasteiger partial charge in [-0.3, -0.25) is 19.7 Å². The molecule has 10 nitrogen and oxygen atoms in total. The molecule has 4 N–H and O–H groups in total. The Bertz CT molecular complexity index is 1250. The van der Waals surface area contributed by atoms with Crippen molar-refractivity contribution >= 4 is 23.4 Å². The number of nitrogens with zero attached hydrogens (tertiary/aromatic N) is 4. The van der Waals surface area contributed by atoms with Crippen LogP contribution in [0.3, 0.4) is 0 Å². The Hall–Kier alpha value is -3.91. The van der Waals surface area contributed by atoms with Crippen LogP contribution in [0.15, 0.2) is 30.5 Å². The van der Waals surface area contributed by atoms with Gasteiger partial charge in [-0.2, -0.15) is 10.4 Å². The minimum absolute atomic E-state index is 0.0148. The number of hydrogen-bond donors (Lipinski definition) is 3. The molecule has 37 heavy (non-hydrogen) atoms. The van der Waals surface area contributed by atoms with Crippen molar-refractivity contribution < 1.29 is 23.8 Å². The lowest BCUT2D eigenvalue weighted by Crippen LogP contribution is -2.54. The number of piperidine rings is 1. The fraction of sp³-hybridized carbons (Fsp3) is 0.462. The smallest absolute Gasteiger partial charge is 0.412 e. The molecule has 1 aromatic heterocycles. The number of nitrogens with one attached hydrogen (secondary N) is 1. The van der Waals surface area contributed by atoms with E-state index in [9.17, 15) is 20.0 Å². The molecule has 1 aromatic carbocycles. The highest BCUT2D eigenvalue weighted by Gasteiger charge is 2.46. The summed E-state index contributed by atoms with van der Waals surface area (Å²) in [5.74, 6) is -0.792. The van der Waals surface area contributed by atoms with Gasteiger partial charge in [0.25, 0.3) is 5.91 Å². The number of aromatic nitrogens is 2. The number of halogens is 1. The van der Waals surface area contributed by atoms with Crippen LogP contribution < -0.4 is 11.1 Å². The molecule has 2 unspecified atom stereocenters. The molecule has 2 aliphatic rings. The molecule has 0 spiro atoms. The maximum Gasteiger partial charge on any atom is 0.412 e. The summed E-state index contributed by atoms with van der Waals surface area (Å²) in [5, 5.41) is 26.7. The number of phenols is 1. The Labute approximate surface area is 214 Å². The van der Waals surface area contributed by atoms with Crippen molar-refractivity contribution in [1.29, 1.82) is 5.26 Å². The Kier molecular flexibility index (Phi) is 7.78. The van der Waals surface area contributed by atoms with Crippen LogP contribution in [0, 0.1) is 11.3 Å². The second-order valence-electron chi connectivity index (χ2n) is 9.53. The summed E-state index contributed by atoms with van der Waals surface area (Å²) in [4.78, 5) is 25.5. The first-order valence-corrected chi connectivity index (χ1v) is 12.3. The Morgan fingerprint density at radius 1 is 1.41 bits per heavy atom. The molecular formula is C26H31FN6O4. The zero-order valence-corrected chi connectivity index (χ0v) is 20.7. The number of anilines is 1. The number of likely N-dealkylation sites (tertiary alicyclic amines) is 1. The number of amides is 2. The first-order chi connectivity index (χ1) is 17.8. The van der Waals surface area contributed by atoms with Crippen LogP contribution in [0.5, 0.6) is 5.75 Å². The van der Waals surface area contributed by atoms with Gasteiger partial charge in [-0.1, -0.05) is 18.2 Å². The summed E-state index contributed by atoms with van der Waals surface area (Å²) in [6.07, 6.45) is 5.37. The molecule has 1 aliphatic carbocycles. The van der Waals surface area contributed by atoms with Crippen molar-refractivity contribution in [2.24, 2.45) is 5.73 Å². The Morgan fingerprint density at radius 2 is 2.22 bits per heavy atom. The van der Waals surface area contributed by atoms with Crippen molar-refractivity contribution in [3.8, 4) is 11.8 Å². The normalized spacial score (nSPS) is 22.1. The van der Waals surface area contributed by atoms with Gasteiger partial charge >= 0.3 is 6.09 Å². The lowest BCUT2D eigenvalue weighted by molar-refractivity contribution is 0.00692. The van der Waals surface area contributed by atoms with E-state index in [-0.39, 0.29) is 36.5 Å². The Morgan fingerprint density at radius 3 is 2.84 bits per heavy atom. The second kappa shape index (κ2) is 11.0. The first-order valence-electron chi connectivity index (χ1n) is 12.3. The highest BCUT2D eigenvalue weighted by atomic mass is 19.1. The molecule has 1 aliphatic heterocycles. The molecule has 196 valence electrons. The monoisotopic (exact) mass is 510 g/mol. The maximum atomic E-state index is 15.8. The number of phenolic OH excluding ortho intramolecular Hbond substituents is 1. The minimum Gasteiger partial charge on any atom is -0.507 e. The van der Waals surface area contributed by atoms with E-state index in [0.29, 0.717) is 13.1 Å². The van der Waals surface area contributed by atoms with E-state index in [1.807, 2.05) is 23.1 Å². The average Bonchev–Trinajstić information content (AvgIpc) is 3.31. The van der Waals surface area contributed by atoms with E-state index < -0.39 is 23.7 Å². The average molecular weight is 511 g/mol. The van der Waals surface area contributed by atoms with Gasteiger partial charge < -0.3 is 15.6 Å². The van der Waals surface area contributed by atoms with Crippen molar-refractivity contribution in [3.63, 3.8) is 0 Å². The minimum atomic E-state index is -1.51. The highest BCUT2D eigenvalue weighted by molar-refractivity contribution is 6.00. The number of nitriles is 1. The lowest BCUT2D eigenvalue weighted by atomic mass is 9.83. The number of allylic oxidation sites excluding steroid dienone is 2. The van der Waals surface area contributed by atoms with Gasteiger partial charge in [-0.25, -0.2) is 9.18 Å². The third-order valence-electron chi connectivity index (χ3n) is 7.19. The number of ether oxygens (including phenoxy) is 1. The number of methoxy groups -OCH3 is 1. The van der Waals surface area contributed by atoms with E-state index in [0.717, 1.165) is 43.1 Å². The molecule has 2 atom stereocenters. The highest BCUT2D eigenvalue weighted by Crippen LogP contribution is 2.38. The zero-order chi connectivity index (χ0) is 26.6. The zero-order valence-electron chi connectivity index (χ0n) is 20.7. The molecule has 1 fully saturated rings. The molecule has 11 heteroatoms. The summed E-state index contributed by atoms with van der Waals surface area (Å²) in [7, 11) is 1.15. The van der Waals surface area contributed by atoms with Crippen LogP contribution in [0.2, 0.25) is 0 Å². The fourth-order valence-electron chi connectivity index (χ4n) is 5.13. The van der Waals surface area contributed by atoms with Crippen molar-refractivity contribution in [3.05, 3.63) is 47.2 Å². The fourth-order valence-corrected chi connectivity index (χ4v) is 5.13. The van der Waals surface area contributed by atoms with Gasteiger partial charge in [0.1, 0.15) is 23.0 Å². The van der Waals surface area contributed by atoms with E-state index in [1.54, 1.807) is 6.07 Å². The number of alkyl halides is 1. The van der Waals surface area contributed by atoms with Gasteiger partial charge in [-0.15, -0.1) is 0 Å². The maximum absolute atomic E-state index is 15.8. The molecular weight excluding hydrogens is 479 g/mol. The van der Waals surface area contributed by atoms with E-state index in [2.05, 4.69) is 21.2 Å². The SMILES string of the molecule is COC(=O)Nc1nn(C2(CC#N)CCN(Cc3ccc(C4=CCCCC4)c(O)c3)CC2F)cc1C(N)=O. The van der Waals surface area contributed by atoms with Gasteiger partial charge in [0.2, 0.25) is 0 Å². The number of carbonyl (C=O) groups is 2. The largest absolute Gasteiger partial charge is 0.507 e. The number of benzene rings is 1. The summed E-state index contributed by atoms with van der Waals surface area (Å²) in [5.41, 5.74) is 6.84. The number of nitrogens with two attached hydrogens (primary N) is 1. The predicted molar refractivity (Wildman–Crippen MR) is 134 cm³/mol. The van der Waals surface area contributed by atoms with Crippen LogP contribution in [-0.2, 0) is 16.8 Å². The molecule has 2 aromatic rings. The molecule has 0 bridgehead atoms. The molecule has 1 saturated heterocycles. The second-order valence-corrected chi connectivity index (χ2v) is 9.53. The lowest BCUT2D eigenvalue weighted by Gasteiger charge is -2.43. The topological polar surface area (TPSA) is 146 Å². The van der Waals surface area contributed by atoms with E-state index in [4.69, 9.17) is 5.73 Å². The van der Waals surface area contributed by atoms with Gasteiger partial charge in [0.15, 0.2) is 5.82 Å². The quantitative estimate of drug-likeness (QED) is 0.515. The predicted octanol–water partition coefficient (Wildman–Crippen LogP) is 3.68. The van der Waals surface area contributed by atoms with Gasteiger partial charge in [0.05, 0.1) is 19.6 Å². The van der Waals surface area contributed by atoms with Gasteiger partial charge in [-0.05, 0) is 49.3 Å². The standard InChI is InChI=1S/C26H31FN6O4/c1-37-25(36)30-24-20(23(29)35)15-33(31-24)26(9-11-28)10-12-32(16-22(26)27)14-17-7-8-19(21(34)13-17)18-5-3-2-4-6-18/h5,7-8,13,15,22,34H,2-4,6,9-10,12,14,16H2,1H3,(H2,29,35)(H,30,31,36). The van der Waals surface area contributed by atoms with E-state index >= 15 is 4.39 Å². The van der Waals surface area contributed by atoms with Crippen LogP contribution in [0.4, 0.5) is 15.0 Å². The van der Waals surface area contributed by atoms with Crippen molar-refractivity contribution in [2.75, 3.05) is 25.5 Å². The molecule has 0 saturated carbocycles. The third kappa shape index (κ3) is 5.44. The molecule has 2 amide bonds. The van der Waals surface area contributed by atoms with Crippen LogP contribution in [-0.4, -0.2) is 58.2 Å². The Balaban J connectivity index is 1.52. The number of primary amides is 1. The van der Waals surface area contributed by atoms with Crippen molar-refractivity contribution in [1.82, 2.24) is 14.7 Å². The van der Waals surface area contributed by atoms with Crippen molar-refractivity contribution in [2.45, 2.75) is 56.8 Å². The molecule has 4 rings (SSSR count). The number of hydrogen-bond acceptors (Lipinski definition) is 7. The summed E-state index contributed by atoms with van der Waals surface area (Å²) < 4.78 is 21.6. The van der Waals surface area contributed by atoms with Gasteiger partial charge in [0, 0.05) is 31.4 Å². The number of carbonyl (C=O) groups excluding carboxylic acids is 2. The van der Waals surface area contributed by atoms with Crippen LogP contribution >= 0.6 is 0 Å². The molecule has 0 radical (unpaired) electrons. The molecule has 2 heterocycles. The number of rotatable bonds is 7. The summed E-state index contributed by atoms with van der Waals surface area (Å²) in [6, 6.07) is 7.64. The third-order valence-corrected chi connectivity index (χ3v) is 7.19. The van der Waals surface area contributed by atoms with E-state index in [1.165, 1.54) is 17.3 Å². The summed E-state index contributed by atoms with van der Waals surface area (Å²) >= 11 is 0. The number of aromatic hydroxyl groups is 1. The van der Waals surface area contributed by atoms with Crippen LogP contribution in [0.1, 0.15) is 60.0 Å². The summed E-state index contributed by atoms with van der Waals surface area (Å²) in [6.45, 7) is 0.888. The first kappa shape index (κ1) is 26.2.